The molecule has 2 fully saturated rings. The van der Waals surface area contributed by atoms with Crippen LogP contribution in [0, 0.1) is 0 Å². The predicted molar refractivity (Wildman–Crippen MR) is 66.3 cm³/mol. The van der Waals surface area contributed by atoms with Gasteiger partial charge >= 0.3 is 7.12 Å². The zero-order chi connectivity index (χ0) is 11.8. The Balaban J connectivity index is 2.01. The SMILES string of the molecule is CC1(C)OB(C2CCCCCN2)OC1(C)C. The van der Waals surface area contributed by atoms with Crippen LogP contribution in [0.3, 0.4) is 0 Å². The van der Waals surface area contributed by atoms with Gasteiger partial charge in [0.2, 0.25) is 0 Å². The summed E-state index contributed by atoms with van der Waals surface area (Å²) in [4.78, 5) is 0. The highest BCUT2D eigenvalue weighted by Gasteiger charge is 2.53. The Morgan fingerprint density at radius 2 is 1.62 bits per heavy atom. The molecule has 0 aromatic heterocycles. The lowest BCUT2D eigenvalue weighted by molar-refractivity contribution is 0.00578. The summed E-state index contributed by atoms with van der Waals surface area (Å²) in [5.41, 5.74) is -0.405. The molecule has 2 saturated heterocycles. The first-order valence-corrected chi connectivity index (χ1v) is 6.51. The van der Waals surface area contributed by atoms with E-state index in [-0.39, 0.29) is 18.3 Å². The Bertz CT molecular complexity index is 231. The average Bonchev–Trinajstić information content (AvgIpc) is 2.42. The Labute approximate surface area is 99.4 Å². The highest BCUT2D eigenvalue weighted by atomic mass is 16.7. The van der Waals surface area contributed by atoms with Crippen LogP contribution < -0.4 is 5.32 Å². The van der Waals surface area contributed by atoms with E-state index in [1.165, 1.54) is 19.3 Å². The molecule has 92 valence electrons. The molecule has 3 nitrogen and oxygen atoms in total. The third-order valence-electron chi connectivity index (χ3n) is 4.20. The molecule has 0 saturated carbocycles. The molecule has 1 atom stereocenters. The maximum Gasteiger partial charge on any atom is 0.476 e. The number of nitrogens with one attached hydrogen (secondary N) is 1. The molecular weight excluding hydrogens is 201 g/mol. The van der Waals surface area contributed by atoms with Gasteiger partial charge in [0.05, 0.1) is 11.2 Å². The largest absolute Gasteiger partial charge is 0.476 e. The number of hydrogen-bond acceptors (Lipinski definition) is 3. The van der Waals surface area contributed by atoms with Crippen LogP contribution in [0.1, 0.15) is 53.4 Å². The van der Waals surface area contributed by atoms with E-state index in [0.29, 0.717) is 5.94 Å². The van der Waals surface area contributed by atoms with Crippen LogP contribution >= 0.6 is 0 Å². The molecule has 0 aromatic carbocycles. The van der Waals surface area contributed by atoms with Gasteiger partial charge in [0.15, 0.2) is 0 Å². The van der Waals surface area contributed by atoms with E-state index in [9.17, 15) is 0 Å². The average molecular weight is 225 g/mol. The third-order valence-corrected chi connectivity index (χ3v) is 4.20. The molecule has 0 spiro atoms. The van der Waals surface area contributed by atoms with Crippen molar-refractivity contribution in [3.8, 4) is 0 Å². The van der Waals surface area contributed by atoms with Gasteiger partial charge < -0.3 is 14.6 Å². The van der Waals surface area contributed by atoms with E-state index in [1.54, 1.807) is 0 Å². The molecule has 1 unspecified atom stereocenters. The molecular formula is C12H24BNO2. The maximum absolute atomic E-state index is 6.07. The normalized spacial score (nSPS) is 33.8. The lowest BCUT2D eigenvalue weighted by Gasteiger charge is -2.32. The molecule has 1 N–H and O–H groups in total. The summed E-state index contributed by atoms with van der Waals surface area (Å²) in [6.45, 7) is 9.55. The van der Waals surface area contributed by atoms with Gasteiger partial charge in [-0.3, -0.25) is 0 Å². The highest BCUT2D eigenvalue weighted by molar-refractivity contribution is 6.47. The lowest BCUT2D eigenvalue weighted by atomic mass is 9.76. The second-order valence-electron chi connectivity index (χ2n) is 6.03. The first-order valence-electron chi connectivity index (χ1n) is 6.51. The van der Waals surface area contributed by atoms with Crippen LogP contribution in [-0.2, 0) is 9.31 Å². The summed E-state index contributed by atoms with van der Waals surface area (Å²) < 4.78 is 12.1. The topological polar surface area (TPSA) is 30.5 Å². The minimum atomic E-state index is -0.203. The van der Waals surface area contributed by atoms with E-state index in [1.807, 2.05) is 0 Å². The molecule has 0 amide bonds. The van der Waals surface area contributed by atoms with Crippen molar-refractivity contribution in [2.45, 2.75) is 70.5 Å². The summed E-state index contributed by atoms with van der Waals surface area (Å²) in [7, 11) is -0.0805. The maximum atomic E-state index is 6.07. The molecule has 0 aliphatic carbocycles. The minimum absolute atomic E-state index is 0.0805. The van der Waals surface area contributed by atoms with Gasteiger partial charge in [-0.1, -0.05) is 12.8 Å². The van der Waals surface area contributed by atoms with Gasteiger partial charge in [-0.05, 0) is 47.1 Å². The van der Waals surface area contributed by atoms with Gasteiger partial charge in [-0.25, -0.2) is 0 Å². The van der Waals surface area contributed by atoms with Crippen molar-refractivity contribution >= 4 is 7.12 Å². The van der Waals surface area contributed by atoms with Crippen LogP contribution in [0.4, 0.5) is 0 Å². The first kappa shape index (κ1) is 12.4. The molecule has 16 heavy (non-hydrogen) atoms. The van der Waals surface area contributed by atoms with Gasteiger partial charge in [0.25, 0.3) is 0 Å². The summed E-state index contributed by atoms with van der Waals surface area (Å²) in [5, 5.41) is 3.55. The Kier molecular flexibility index (Phi) is 3.35. The van der Waals surface area contributed by atoms with Crippen LogP contribution in [-0.4, -0.2) is 30.8 Å². The van der Waals surface area contributed by atoms with Crippen LogP contribution in [0.2, 0.25) is 0 Å². The molecule has 2 rings (SSSR count). The minimum Gasteiger partial charge on any atom is -0.402 e. The second kappa shape index (κ2) is 4.32. The van der Waals surface area contributed by atoms with Gasteiger partial charge in [0.1, 0.15) is 0 Å². The van der Waals surface area contributed by atoms with Crippen LogP contribution in [0.15, 0.2) is 0 Å². The van der Waals surface area contributed by atoms with Crippen molar-refractivity contribution in [2.75, 3.05) is 6.54 Å². The van der Waals surface area contributed by atoms with Crippen LogP contribution in [0.25, 0.3) is 0 Å². The monoisotopic (exact) mass is 225 g/mol. The number of hydrogen-bond donors (Lipinski definition) is 1. The Morgan fingerprint density at radius 3 is 2.25 bits per heavy atom. The molecule has 0 aromatic rings. The fourth-order valence-corrected chi connectivity index (χ4v) is 2.34. The lowest BCUT2D eigenvalue weighted by Crippen LogP contribution is -2.44. The summed E-state index contributed by atoms with van der Waals surface area (Å²) in [5.74, 6) is 0.364. The van der Waals surface area contributed by atoms with Crippen molar-refractivity contribution < 1.29 is 9.31 Å². The standard InChI is InChI=1S/C12H24BNO2/c1-11(2)12(3,4)16-13(15-11)10-8-6-5-7-9-14-10/h10,14H,5-9H2,1-4H3. The van der Waals surface area contributed by atoms with E-state index in [0.717, 1.165) is 13.0 Å². The van der Waals surface area contributed by atoms with Crippen molar-refractivity contribution in [3.05, 3.63) is 0 Å². The molecule has 2 aliphatic heterocycles. The summed E-state index contributed by atoms with van der Waals surface area (Å²) >= 11 is 0. The van der Waals surface area contributed by atoms with Crippen LogP contribution in [0.5, 0.6) is 0 Å². The fraction of sp³-hybridized carbons (Fsp3) is 1.00. The Morgan fingerprint density at radius 1 is 1.00 bits per heavy atom. The molecule has 0 bridgehead atoms. The summed E-state index contributed by atoms with van der Waals surface area (Å²) in [6, 6.07) is 0. The van der Waals surface area contributed by atoms with Crippen molar-refractivity contribution in [1.82, 2.24) is 5.32 Å². The van der Waals surface area contributed by atoms with Gasteiger partial charge in [-0.2, -0.15) is 0 Å². The number of rotatable bonds is 1. The quantitative estimate of drug-likeness (QED) is 0.693. The van der Waals surface area contributed by atoms with Gasteiger partial charge in [0, 0.05) is 5.94 Å². The molecule has 2 heterocycles. The van der Waals surface area contributed by atoms with Crippen molar-refractivity contribution in [1.29, 1.82) is 0 Å². The van der Waals surface area contributed by atoms with Crippen molar-refractivity contribution in [3.63, 3.8) is 0 Å². The zero-order valence-corrected chi connectivity index (χ0v) is 11.0. The Hall–Kier alpha value is -0.0551. The first-order chi connectivity index (χ1) is 7.42. The van der Waals surface area contributed by atoms with Gasteiger partial charge in [-0.15, -0.1) is 0 Å². The third kappa shape index (κ3) is 2.29. The highest BCUT2D eigenvalue weighted by Crippen LogP contribution is 2.38. The zero-order valence-electron chi connectivity index (χ0n) is 11.0. The second-order valence-corrected chi connectivity index (χ2v) is 6.03. The fourth-order valence-electron chi connectivity index (χ4n) is 2.34. The molecule has 0 radical (unpaired) electrons. The van der Waals surface area contributed by atoms with E-state index in [2.05, 4.69) is 33.0 Å². The van der Waals surface area contributed by atoms with E-state index >= 15 is 0 Å². The molecule has 2 aliphatic rings. The van der Waals surface area contributed by atoms with E-state index in [4.69, 9.17) is 9.31 Å². The predicted octanol–water partition coefficient (Wildman–Crippen LogP) is 2.15. The summed E-state index contributed by atoms with van der Waals surface area (Å²) in [6.07, 6.45) is 5.04. The smallest absolute Gasteiger partial charge is 0.402 e. The van der Waals surface area contributed by atoms with Crippen molar-refractivity contribution in [2.24, 2.45) is 0 Å². The van der Waals surface area contributed by atoms with E-state index < -0.39 is 0 Å². The molecule has 4 heteroatoms.